The first-order valence-corrected chi connectivity index (χ1v) is 10.6. The summed E-state index contributed by atoms with van der Waals surface area (Å²) in [6.45, 7) is 4.40. The van der Waals surface area contributed by atoms with Gasteiger partial charge in [0.15, 0.2) is 0 Å². The number of anilines is 2. The lowest BCUT2D eigenvalue weighted by Gasteiger charge is -2.38. The Morgan fingerprint density at radius 3 is 2.45 bits per heavy atom. The van der Waals surface area contributed by atoms with Crippen LogP contribution in [0.5, 0.6) is 0 Å². The van der Waals surface area contributed by atoms with Gasteiger partial charge in [-0.15, -0.1) is 0 Å². The second-order valence-corrected chi connectivity index (χ2v) is 7.69. The number of piperazine rings is 1. The fourth-order valence-electron chi connectivity index (χ4n) is 3.81. The molecular weight excluding hydrogens is 397 g/mol. The van der Waals surface area contributed by atoms with E-state index in [9.17, 15) is 14.0 Å². The molecule has 1 atom stereocenters. The molecule has 0 aliphatic carbocycles. The number of amides is 2. The Bertz CT molecular complexity index is 984. The molecule has 2 aliphatic rings. The highest BCUT2D eigenvalue weighted by molar-refractivity contribution is 6.06. The molecule has 0 radical (unpaired) electrons. The van der Waals surface area contributed by atoms with Crippen LogP contribution in [0.15, 0.2) is 53.5 Å². The third-order valence-corrected chi connectivity index (χ3v) is 5.61. The molecule has 0 saturated carbocycles. The molecule has 162 valence electrons. The molecule has 1 saturated heterocycles. The topological polar surface area (TPSA) is 77.0 Å². The molecule has 0 bridgehead atoms. The molecule has 2 N–H and O–H groups in total. The van der Waals surface area contributed by atoms with Crippen LogP contribution < -0.4 is 15.5 Å². The van der Waals surface area contributed by atoms with Crippen molar-refractivity contribution in [3.63, 3.8) is 0 Å². The van der Waals surface area contributed by atoms with Crippen LogP contribution in [0.3, 0.4) is 0 Å². The van der Waals surface area contributed by atoms with Gasteiger partial charge >= 0.3 is 0 Å². The number of benzene rings is 2. The van der Waals surface area contributed by atoms with E-state index in [0.29, 0.717) is 43.5 Å². The number of halogens is 1. The SMILES string of the molecule is CCc1ccc(NC(=O)[C@H]2CC(=O)NC(N3CCN(c4ccccc4F)CC3)=N2)cc1. The summed E-state index contributed by atoms with van der Waals surface area (Å²) in [5.74, 6) is -0.376. The monoisotopic (exact) mass is 423 g/mol. The zero-order valence-electron chi connectivity index (χ0n) is 17.5. The Balaban J connectivity index is 1.40. The average Bonchev–Trinajstić information content (AvgIpc) is 2.79. The Kier molecular flexibility index (Phi) is 6.16. The number of rotatable bonds is 4. The molecule has 7 nitrogen and oxygen atoms in total. The number of hydrogen-bond acceptors (Lipinski definition) is 5. The average molecular weight is 423 g/mol. The Morgan fingerprint density at radius 2 is 1.77 bits per heavy atom. The second kappa shape index (κ2) is 9.16. The van der Waals surface area contributed by atoms with Crippen LogP contribution in [-0.4, -0.2) is 54.9 Å². The van der Waals surface area contributed by atoms with Crippen molar-refractivity contribution in [2.75, 3.05) is 36.4 Å². The summed E-state index contributed by atoms with van der Waals surface area (Å²) < 4.78 is 14.1. The minimum absolute atomic E-state index is 0.0115. The summed E-state index contributed by atoms with van der Waals surface area (Å²) in [5.41, 5.74) is 2.44. The molecule has 2 amide bonds. The number of carbonyl (C=O) groups is 2. The first-order chi connectivity index (χ1) is 15.0. The summed E-state index contributed by atoms with van der Waals surface area (Å²) in [7, 11) is 0. The van der Waals surface area contributed by atoms with Crippen molar-refractivity contribution in [3.8, 4) is 0 Å². The van der Waals surface area contributed by atoms with E-state index in [-0.39, 0.29) is 24.1 Å². The summed E-state index contributed by atoms with van der Waals surface area (Å²) in [6, 6.07) is 13.6. The predicted octanol–water partition coefficient (Wildman–Crippen LogP) is 2.39. The minimum atomic E-state index is -0.779. The number of aliphatic imine (C=N–C) groups is 1. The Morgan fingerprint density at radius 1 is 1.10 bits per heavy atom. The van der Waals surface area contributed by atoms with Gasteiger partial charge in [0.05, 0.1) is 12.1 Å². The van der Waals surface area contributed by atoms with Gasteiger partial charge in [0.1, 0.15) is 11.9 Å². The van der Waals surface area contributed by atoms with Crippen LogP contribution in [0.2, 0.25) is 0 Å². The lowest BCUT2D eigenvalue weighted by Crippen LogP contribution is -2.56. The molecular formula is C23H26FN5O2. The molecule has 2 aromatic carbocycles. The highest BCUT2D eigenvalue weighted by Crippen LogP contribution is 2.21. The van der Waals surface area contributed by atoms with Crippen LogP contribution in [0, 0.1) is 5.82 Å². The predicted molar refractivity (Wildman–Crippen MR) is 119 cm³/mol. The molecule has 2 heterocycles. The van der Waals surface area contributed by atoms with Crippen molar-refractivity contribution in [2.45, 2.75) is 25.8 Å². The number of carbonyl (C=O) groups excluding carboxylic acids is 2. The zero-order chi connectivity index (χ0) is 21.8. The third kappa shape index (κ3) is 4.84. The van der Waals surface area contributed by atoms with E-state index in [0.717, 1.165) is 6.42 Å². The van der Waals surface area contributed by atoms with Crippen LogP contribution >= 0.6 is 0 Å². The van der Waals surface area contributed by atoms with E-state index in [1.54, 1.807) is 12.1 Å². The van der Waals surface area contributed by atoms with E-state index in [4.69, 9.17) is 0 Å². The summed E-state index contributed by atoms with van der Waals surface area (Å²) >= 11 is 0. The number of para-hydroxylation sites is 1. The molecule has 0 unspecified atom stereocenters. The maximum Gasteiger partial charge on any atom is 0.249 e. The fourth-order valence-corrected chi connectivity index (χ4v) is 3.81. The molecule has 0 spiro atoms. The number of nitrogens with one attached hydrogen (secondary N) is 2. The first kappa shape index (κ1) is 20.8. The van der Waals surface area contributed by atoms with Crippen molar-refractivity contribution in [1.82, 2.24) is 10.2 Å². The Labute approximate surface area is 180 Å². The second-order valence-electron chi connectivity index (χ2n) is 7.69. The Hall–Kier alpha value is -3.42. The quantitative estimate of drug-likeness (QED) is 0.792. The van der Waals surface area contributed by atoms with E-state index in [1.165, 1.54) is 11.6 Å². The molecule has 2 aliphatic heterocycles. The number of aryl methyl sites for hydroxylation is 1. The van der Waals surface area contributed by atoms with Crippen LogP contribution in [0.25, 0.3) is 0 Å². The lowest BCUT2D eigenvalue weighted by atomic mass is 10.1. The maximum absolute atomic E-state index is 14.1. The smallest absolute Gasteiger partial charge is 0.249 e. The van der Waals surface area contributed by atoms with Gasteiger partial charge in [0, 0.05) is 31.9 Å². The van der Waals surface area contributed by atoms with Gasteiger partial charge < -0.3 is 15.1 Å². The fraction of sp³-hybridized carbons (Fsp3) is 0.348. The van der Waals surface area contributed by atoms with E-state index in [1.807, 2.05) is 40.1 Å². The summed E-state index contributed by atoms with van der Waals surface area (Å²) in [5, 5.41) is 5.63. The zero-order valence-corrected chi connectivity index (χ0v) is 17.5. The third-order valence-electron chi connectivity index (χ3n) is 5.61. The van der Waals surface area contributed by atoms with E-state index < -0.39 is 6.04 Å². The highest BCUT2D eigenvalue weighted by Gasteiger charge is 2.31. The van der Waals surface area contributed by atoms with Gasteiger partial charge in [-0.05, 0) is 36.2 Å². The molecule has 31 heavy (non-hydrogen) atoms. The molecule has 4 rings (SSSR count). The normalized spacial score (nSPS) is 19.0. The minimum Gasteiger partial charge on any atom is -0.366 e. The standard InChI is InChI=1S/C23H26FN5O2/c1-2-16-7-9-17(10-8-16)25-22(31)19-15-21(30)27-23(26-19)29-13-11-28(12-14-29)20-6-4-3-5-18(20)24/h3-10,19H,2,11-15H2,1H3,(H,25,31)(H,26,27,30)/t19-/m1/s1. The molecule has 8 heteroatoms. The largest absolute Gasteiger partial charge is 0.366 e. The molecule has 0 aromatic heterocycles. The van der Waals surface area contributed by atoms with Crippen molar-refractivity contribution in [3.05, 3.63) is 59.9 Å². The van der Waals surface area contributed by atoms with Crippen LogP contribution in [0.1, 0.15) is 18.9 Å². The molecule has 1 fully saturated rings. The van der Waals surface area contributed by atoms with E-state index >= 15 is 0 Å². The van der Waals surface area contributed by atoms with Gasteiger partial charge in [-0.25, -0.2) is 9.38 Å². The van der Waals surface area contributed by atoms with Crippen LogP contribution in [-0.2, 0) is 16.0 Å². The lowest BCUT2D eigenvalue weighted by molar-refractivity contribution is -0.125. The van der Waals surface area contributed by atoms with Crippen molar-refractivity contribution >= 4 is 29.1 Å². The van der Waals surface area contributed by atoms with Crippen molar-refractivity contribution in [1.29, 1.82) is 0 Å². The van der Waals surface area contributed by atoms with E-state index in [2.05, 4.69) is 22.5 Å². The van der Waals surface area contributed by atoms with Gasteiger partial charge in [-0.1, -0.05) is 31.2 Å². The molecule has 2 aromatic rings. The number of hydrogen-bond donors (Lipinski definition) is 2. The maximum atomic E-state index is 14.1. The number of nitrogens with zero attached hydrogens (tertiary/aromatic N) is 3. The van der Waals surface area contributed by atoms with Gasteiger partial charge in [0.25, 0.3) is 0 Å². The van der Waals surface area contributed by atoms with Crippen molar-refractivity contribution < 1.29 is 14.0 Å². The van der Waals surface area contributed by atoms with Crippen molar-refractivity contribution in [2.24, 2.45) is 4.99 Å². The first-order valence-electron chi connectivity index (χ1n) is 10.6. The van der Waals surface area contributed by atoms with Gasteiger partial charge in [-0.3, -0.25) is 14.9 Å². The summed E-state index contributed by atoms with van der Waals surface area (Å²) in [4.78, 5) is 33.4. The highest BCUT2D eigenvalue weighted by atomic mass is 19.1. The number of guanidine groups is 1. The van der Waals surface area contributed by atoms with Gasteiger partial charge in [-0.2, -0.15) is 0 Å². The summed E-state index contributed by atoms with van der Waals surface area (Å²) in [6.07, 6.45) is 0.937. The van der Waals surface area contributed by atoms with Crippen LogP contribution in [0.4, 0.5) is 15.8 Å². The van der Waals surface area contributed by atoms with Gasteiger partial charge in [0.2, 0.25) is 17.8 Å².